The molecule has 524 valence electrons. The van der Waals surface area contributed by atoms with Gasteiger partial charge in [0.05, 0.1) is 39.9 Å². The number of allylic oxidation sites excluding steroid dienone is 21. The normalized spacial score (nSPS) is 14.3. The molecule has 0 spiro atoms. The summed E-state index contributed by atoms with van der Waals surface area (Å²) >= 11 is 0. The summed E-state index contributed by atoms with van der Waals surface area (Å²) in [5, 5.41) is 14.0. The van der Waals surface area contributed by atoms with Crippen LogP contribution in [0.3, 0.4) is 0 Å². The number of nitrogens with zero attached hydrogens (tertiary/aromatic N) is 1. The number of quaternary nitrogens is 1. The van der Waals surface area contributed by atoms with Crippen molar-refractivity contribution in [2.45, 2.75) is 341 Å². The Hall–Kier alpha value is -3.36. The third kappa shape index (κ3) is 73.9. The number of likely N-dealkylation sites (N-methyl/N-ethyl adjacent to an activating group) is 1. The molecule has 0 aliphatic heterocycles. The fraction of sp³-hybridized carbons (Fsp3) is 0.720. The largest absolute Gasteiger partial charge is 0.472 e. The molecular formula is C82H146N2O6P+. The van der Waals surface area contributed by atoms with Crippen LogP contribution in [-0.2, 0) is 18.4 Å². The Labute approximate surface area is 564 Å². The van der Waals surface area contributed by atoms with Gasteiger partial charge in [-0.05, 0) is 103 Å². The molecule has 0 rings (SSSR count). The molecule has 3 unspecified atom stereocenters. The van der Waals surface area contributed by atoms with Crippen LogP contribution in [0.1, 0.15) is 328 Å². The Balaban J connectivity index is 4.11. The van der Waals surface area contributed by atoms with Crippen LogP contribution in [0, 0.1) is 0 Å². The monoisotopic (exact) mass is 1290 g/mol. The Bertz CT molecular complexity index is 1950. The number of phosphoric acid groups is 1. The summed E-state index contributed by atoms with van der Waals surface area (Å²) < 4.78 is 23.8. The topological polar surface area (TPSA) is 105 Å². The molecule has 0 saturated heterocycles. The maximum Gasteiger partial charge on any atom is 0.472 e. The molecule has 8 nitrogen and oxygen atoms in total. The second-order valence-corrected chi connectivity index (χ2v) is 28.1. The van der Waals surface area contributed by atoms with E-state index in [-0.39, 0.29) is 19.1 Å². The van der Waals surface area contributed by atoms with E-state index in [2.05, 4.69) is 141 Å². The zero-order valence-corrected chi connectivity index (χ0v) is 60.9. The van der Waals surface area contributed by atoms with Crippen molar-refractivity contribution in [3.8, 4) is 0 Å². The van der Waals surface area contributed by atoms with Crippen molar-refractivity contribution in [3.05, 3.63) is 134 Å². The molecule has 0 aliphatic rings. The number of carbonyl (C=O) groups excluding carboxylic acids is 1. The van der Waals surface area contributed by atoms with Gasteiger partial charge >= 0.3 is 7.82 Å². The van der Waals surface area contributed by atoms with E-state index >= 15 is 0 Å². The smallest absolute Gasteiger partial charge is 0.387 e. The lowest BCUT2D eigenvalue weighted by atomic mass is 10.0. The van der Waals surface area contributed by atoms with Gasteiger partial charge in [-0.3, -0.25) is 13.8 Å². The number of rotatable bonds is 69. The van der Waals surface area contributed by atoms with Gasteiger partial charge in [-0.15, -0.1) is 0 Å². The van der Waals surface area contributed by atoms with Gasteiger partial charge in [-0.2, -0.15) is 0 Å². The molecule has 0 aromatic carbocycles. The minimum atomic E-state index is -4.37. The average molecular weight is 1290 g/mol. The van der Waals surface area contributed by atoms with Gasteiger partial charge in [0.25, 0.3) is 0 Å². The number of nitrogens with one attached hydrogen (secondary N) is 1. The van der Waals surface area contributed by atoms with Gasteiger partial charge in [-0.1, -0.05) is 353 Å². The fourth-order valence-corrected chi connectivity index (χ4v) is 11.5. The number of hydrogen-bond donors (Lipinski definition) is 3. The number of aliphatic hydroxyl groups is 1. The molecule has 0 radical (unpaired) electrons. The third-order valence-corrected chi connectivity index (χ3v) is 17.6. The van der Waals surface area contributed by atoms with Crippen molar-refractivity contribution >= 4 is 13.7 Å². The molecule has 0 heterocycles. The standard InChI is InChI=1S/C82H145N2O6P/c1-6-8-10-12-14-16-18-20-22-24-26-28-30-32-34-36-38-39-40-41-42-43-44-45-46-48-50-52-54-56-58-60-62-64-66-68-70-72-74-76-82(86)83-80(79-90-91(87,88)89-78-77-84(3,4)5)81(85)75-73-71-69-67-65-63-61-59-57-55-53-51-49-47-37-35-33-31-29-27-25-23-21-19-17-15-13-11-9-7-2/h8,10,14,16,20,22,26,28,32,34,38-39,41-42,44-45,48,50,65,67,73,75,80-81,85H,6-7,9,11-13,15,17-19,21,23-25,27,29-31,33,35-37,40,43,46-47,49,51-64,66,68-72,74,76-79H2,1-5H3,(H-,83,86,87,88)/p+1/b10-8-,16-14-,22-20-,28-26-,34-32-,39-38-,42-41-,45-44-,50-48-,67-65+,75-73+. The maximum atomic E-state index is 13.1. The van der Waals surface area contributed by atoms with Crippen LogP contribution in [0.4, 0.5) is 0 Å². The summed E-state index contributed by atoms with van der Waals surface area (Å²) in [5.41, 5.74) is 0. The second kappa shape index (κ2) is 70.9. The van der Waals surface area contributed by atoms with Crippen molar-refractivity contribution < 1.29 is 32.9 Å². The lowest BCUT2D eigenvalue weighted by Crippen LogP contribution is -2.45. The third-order valence-electron chi connectivity index (χ3n) is 16.6. The molecular weight excluding hydrogens is 1140 g/mol. The van der Waals surface area contributed by atoms with E-state index in [1.807, 2.05) is 27.2 Å². The van der Waals surface area contributed by atoms with Crippen molar-refractivity contribution in [2.75, 3.05) is 40.9 Å². The highest BCUT2D eigenvalue weighted by molar-refractivity contribution is 7.47. The molecule has 0 bridgehead atoms. The van der Waals surface area contributed by atoms with Gasteiger partial charge < -0.3 is 19.8 Å². The first-order chi connectivity index (χ1) is 44.5. The first-order valence-corrected chi connectivity index (χ1v) is 39.6. The van der Waals surface area contributed by atoms with Gasteiger partial charge in [-0.25, -0.2) is 4.57 Å². The molecule has 1 amide bonds. The van der Waals surface area contributed by atoms with E-state index in [4.69, 9.17) is 9.05 Å². The molecule has 91 heavy (non-hydrogen) atoms. The Morgan fingerprint density at radius 1 is 0.385 bits per heavy atom. The number of unbranched alkanes of at least 4 members (excludes halogenated alkanes) is 36. The summed E-state index contributed by atoms with van der Waals surface area (Å²) in [4.78, 5) is 23.5. The van der Waals surface area contributed by atoms with Gasteiger partial charge in [0.1, 0.15) is 13.2 Å². The molecule has 3 N–H and O–H groups in total. The second-order valence-electron chi connectivity index (χ2n) is 26.6. The number of amides is 1. The van der Waals surface area contributed by atoms with E-state index in [9.17, 15) is 19.4 Å². The van der Waals surface area contributed by atoms with Crippen LogP contribution in [0.25, 0.3) is 0 Å². The van der Waals surface area contributed by atoms with Crippen molar-refractivity contribution in [1.29, 1.82) is 0 Å². The van der Waals surface area contributed by atoms with E-state index in [0.717, 1.165) is 96.3 Å². The van der Waals surface area contributed by atoms with Crippen LogP contribution < -0.4 is 5.32 Å². The van der Waals surface area contributed by atoms with Gasteiger partial charge in [0.15, 0.2) is 0 Å². The Morgan fingerprint density at radius 3 is 1.01 bits per heavy atom. The minimum absolute atomic E-state index is 0.0504. The predicted molar refractivity (Wildman–Crippen MR) is 401 cm³/mol. The Morgan fingerprint density at radius 2 is 0.670 bits per heavy atom. The summed E-state index contributed by atoms with van der Waals surface area (Å²) in [6.45, 7) is 4.70. The summed E-state index contributed by atoms with van der Waals surface area (Å²) in [6.07, 6.45) is 108. The SMILES string of the molecule is CC/C=C\C/C=C\C/C=C\C/C=C\C/C=C\C/C=C\C/C=C\C/C=C\C/C=C\CCCCCCCCCCCCCC(=O)NC(COP(=O)(O)OCC[N+](C)(C)C)C(O)/C=C/CC/C=C/CCCCCCCCCCCCCCCCCCCCCCCCCC. The lowest BCUT2D eigenvalue weighted by molar-refractivity contribution is -0.870. The lowest BCUT2D eigenvalue weighted by Gasteiger charge is -2.25. The number of phosphoric ester groups is 1. The zero-order valence-electron chi connectivity index (χ0n) is 60.0. The van der Waals surface area contributed by atoms with E-state index < -0.39 is 20.0 Å². The number of carbonyl (C=O) groups is 1. The highest BCUT2D eigenvalue weighted by atomic mass is 31.2. The highest BCUT2D eigenvalue weighted by Gasteiger charge is 2.28. The molecule has 0 aromatic rings. The molecule has 0 aromatic heterocycles. The van der Waals surface area contributed by atoms with E-state index in [1.165, 1.54) is 212 Å². The molecule has 0 aliphatic carbocycles. The van der Waals surface area contributed by atoms with Gasteiger partial charge in [0, 0.05) is 6.42 Å². The predicted octanol–water partition coefficient (Wildman–Crippen LogP) is 24.9. The number of aliphatic hydroxyl groups excluding tert-OH is 1. The molecule has 0 fully saturated rings. The number of hydrogen-bond acceptors (Lipinski definition) is 5. The van der Waals surface area contributed by atoms with Crippen LogP contribution in [0.15, 0.2) is 134 Å². The fourth-order valence-electron chi connectivity index (χ4n) is 10.8. The Kier molecular flexibility index (Phi) is 68.3. The summed E-state index contributed by atoms with van der Waals surface area (Å²) in [5.74, 6) is -0.192. The first-order valence-electron chi connectivity index (χ1n) is 38.1. The van der Waals surface area contributed by atoms with E-state index in [1.54, 1.807) is 6.08 Å². The zero-order chi connectivity index (χ0) is 66.2. The highest BCUT2D eigenvalue weighted by Crippen LogP contribution is 2.43. The molecule has 3 atom stereocenters. The minimum Gasteiger partial charge on any atom is -0.387 e. The summed E-state index contributed by atoms with van der Waals surface area (Å²) in [7, 11) is 1.55. The van der Waals surface area contributed by atoms with Crippen molar-refractivity contribution in [2.24, 2.45) is 0 Å². The van der Waals surface area contributed by atoms with Crippen LogP contribution >= 0.6 is 7.82 Å². The summed E-state index contributed by atoms with van der Waals surface area (Å²) in [6, 6.07) is -0.876. The maximum absolute atomic E-state index is 13.1. The van der Waals surface area contributed by atoms with Crippen LogP contribution in [0.5, 0.6) is 0 Å². The molecule has 0 saturated carbocycles. The van der Waals surface area contributed by atoms with E-state index in [0.29, 0.717) is 17.4 Å². The van der Waals surface area contributed by atoms with Crippen molar-refractivity contribution in [1.82, 2.24) is 5.32 Å². The van der Waals surface area contributed by atoms with Crippen molar-refractivity contribution in [3.63, 3.8) is 0 Å². The van der Waals surface area contributed by atoms with Crippen LogP contribution in [0.2, 0.25) is 0 Å². The van der Waals surface area contributed by atoms with Crippen LogP contribution in [-0.4, -0.2) is 73.4 Å². The quantitative estimate of drug-likeness (QED) is 0.0243. The average Bonchev–Trinajstić information content (AvgIpc) is 3.58. The molecule has 9 heteroatoms. The van der Waals surface area contributed by atoms with Gasteiger partial charge in [0.2, 0.25) is 5.91 Å². The first kappa shape index (κ1) is 87.6.